The topological polar surface area (TPSA) is 0 Å². The van der Waals surface area contributed by atoms with E-state index in [1.165, 1.54) is 100 Å². The van der Waals surface area contributed by atoms with Crippen LogP contribution < -0.4 is 0 Å². The lowest BCUT2D eigenvalue weighted by Gasteiger charge is -2.15. The Morgan fingerprint density at radius 2 is 0.139 bits per heavy atom. The van der Waals surface area contributed by atoms with Crippen LogP contribution in [0, 0.1) is 0 Å². The Morgan fingerprint density at radius 1 is 0.0556 bits per heavy atom. The molecule has 108 heavy (non-hydrogen) atoms. The second-order valence-corrected chi connectivity index (χ2v) is 28.0. The van der Waals surface area contributed by atoms with E-state index >= 15 is 0 Å². The minimum Gasteiger partial charge on any atom is -0.0622 e. The predicted molar refractivity (Wildman–Crippen MR) is 459 cm³/mol. The first-order valence-electron chi connectivity index (χ1n) is 37.2. The van der Waals surface area contributed by atoms with E-state index in [-0.39, 0.29) is 0 Å². The van der Waals surface area contributed by atoms with Gasteiger partial charge in [0.15, 0.2) is 0 Å². The first-order chi connectivity index (χ1) is 53.4. The Labute approximate surface area is 633 Å². The quantitative estimate of drug-likeness (QED) is 0.0852. The molecule has 0 aliphatic carbocycles. The van der Waals surface area contributed by atoms with E-state index in [9.17, 15) is 0 Å². The number of hydrogen-bond acceptors (Lipinski definition) is 0. The van der Waals surface area contributed by atoms with Crippen LogP contribution in [0.1, 0.15) is 0 Å². The van der Waals surface area contributed by atoms with Crippen LogP contribution in [0.25, 0.3) is 189 Å². The van der Waals surface area contributed by atoms with Gasteiger partial charge in [-0.15, -0.1) is 0 Å². The van der Waals surface area contributed by atoms with Crippen LogP contribution in [0.3, 0.4) is 0 Å². The molecule has 0 aromatic heterocycles. The smallest absolute Gasteiger partial charge is 0.0171 e. The van der Waals surface area contributed by atoms with Gasteiger partial charge in [-0.25, -0.2) is 0 Å². The molecule has 0 aliphatic rings. The molecule has 0 heteroatoms. The van der Waals surface area contributed by atoms with Crippen LogP contribution in [-0.4, -0.2) is 0 Å². The Balaban J connectivity index is 0.712. The number of rotatable bonds is 17. The van der Waals surface area contributed by atoms with Crippen LogP contribution in [0.5, 0.6) is 0 Å². The summed E-state index contributed by atoms with van der Waals surface area (Å²) in [6, 6.07) is 165. The molecule has 0 spiro atoms. The van der Waals surface area contributed by atoms with Gasteiger partial charge in [-0.2, -0.15) is 0 Å². The largest absolute Gasteiger partial charge is 0.0622 e. The normalized spacial score (nSPS) is 11.1. The molecule has 0 bridgehead atoms. The van der Waals surface area contributed by atoms with Crippen molar-refractivity contribution in [2.45, 2.75) is 0 Å². The Bertz CT molecular complexity index is 5860. The molecule has 0 saturated carbocycles. The van der Waals surface area contributed by atoms with Crippen LogP contribution in [0.4, 0.5) is 0 Å². The van der Waals surface area contributed by atoms with Crippen LogP contribution in [-0.2, 0) is 0 Å². The summed E-state index contributed by atoms with van der Waals surface area (Å²) in [7, 11) is 0. The van der Waals surface area contributed by atoms with E-state index in [1.54, 1.807) is 0 Å². The highest BCUT2D eigenvalue weighted by atomic mass is 14.2. The molecule has 0 atom stereocenters. The Morgan fingerprint density at radius 3 is 0.287 bits per heavy atom. The van der Waals surface area contributed by atoms with Gasteiger partial charge in [0.05, 0.1) is 0 Å². The zero-order valence-corrected chi connectivity index (χ0v) is 59.7. The van der Waals surface area contributed by atoms with Crippen molar-refractivity contribution in [3.05, 3.63) is 449 Å². The SMILES string of the molecule is c1ccc(-c2ccc(-c3cccc(-c4cc(-c5cccc(-c6cccc(-c7cccc(-c8ccccc8)c7)c6)c5)cc(-c5cccc(-c6cccc(-c7cc(-c8cccc(-c9ccc(-c%10ccccc%10)cc9)c8)cc(-c8cccc(-c9cccc(-c%10cccc(-c%11ccccc%11)c%10)c9)c8)c7)c6)c5)c4)c3)cc2)cc1. The number of hydrogen-bond donors (Lipinski definition) is 0. The molecule has 0 nitrogen and oxygen atoms in total. The van der Waals surface area contributed by atoms with Crippen molar-refractivity contribution in [2.75, 3.05) is 0 Å². The molecule has 0 fully saturated rings. The molecular weight excluding hydrogens is 1300 g/mol. The third-order valence-corrected chi connectivity index (χ3v) is 21.0. The zero-order chi connectivity index (χ0) is 72.0. The van der Waals surface area contributed by atoms with Crippen LogP contribution >= 0.6 is 0 Å². The van der Waals surface area contributed by atoms with E-state index in [2.05, 4.69) is 449 Å². The monoisotopic (exact) mass is 1370 g/mol. The average molecular weight is 1370 g/mol. The van der Waals surface area contributed by atoms with Gasteiger partial charge in [-0.1, -0.05) is 352 Å². The van der Waals surface area contributed by atoms with Gasteiger partial charge in [0.2, 0.25) is 0 Å². The second kappa shape index (κ2) is 30.0. The third kappa shape index (κ3) is 14.4. The van der Waals surface area contributed by atoms with Crippen LogP contribution in [0.15, 0.2) is 449 Å². The molecule has 0 radical (unpaired) electrons. The molecule has 18 rings (SSSR count). The summed E-state index contributed by atoms with van der Waals surface area (Å²) < 4.78 is 0. The van der Waals surface area contributed by atoms with Crippen LogP contribution in [0.2, 0.25) is 0 Å². The maximum absolute atomic E-state index is 2.38. The minimum absolute atomic E-state index is 1.14. The molecule has 0 heterocycles. The zero-order valence-electron chi connectivity index (χ0n) is 59.7. The summed E-state index contributed by atoms with van der Waals surface area (Å²) in [6.07, 6.45) is 0. The standard InChI is InChI=1S/C108H74/c1-5-23-75(24-6-1)79-51-55-81(56-52-79)85-33-15-45-97(61-85)103-69-105(99-47-19-41-93(65-99)91-39-17-37-89(63-91)87-35-13-31-83(59-87)77-27-9-3-10-28-77)73-107(71-103)101-49-21-43-95(67-101)96-44-22-50-102(68-96)108-72-104(98-46-16-34-86(62-98)82-57-53-80(54-58-82)76-25-7-2-8-26-76)70-106(74-108)100-48-20-42-94(66-100)92-40-18-38-90(64-92)88-36-14-32-84(60-88)78-29-11-4-12-30-78/h1-74H. The van der Waals surface area contributed by atoms with Gasteiger partial charge in [-0.05, 0) is 286 Å². The summed E-state index contributed by atoms with van der Waals surface area (Å²) in [5.41, 5.74) is 39.8. The van der Waals surface area contributed by atoms with Crippen molar-refractivity contribution >= 4 is 0 Å². The van der Waals surface area contributed by atoms with E-state index in [0.29, 0.717) is 0 Å². The fourth-order valence-corrected chi connectivity index (χ4v) is 15.3. The van der Waals surface area contributed by atoms with Gasteiger partial charge >= 0.3 is 0 Å². The first-order valence-corrected chi connectivity index (χ1v) is 37.2. The summed E-state index contributed by atoms with van der Waals surface area (Å²) in [5.74, 6) is 0. The third-order valence-electron chi connectivity index (χ3n) is 21.0. The van der Waals surface area contributed by atoms with Crippen molar-refractivity contribution < 1.29 is 0 Å². The van der Waals surface area contributed by atoms with Crippen molar-refractivity contribution in [2.24, 2.45) is 0 Å². The fourth-order valence-electron chi connectivity index (χ4n) is 15.3. The summed E-state index contributed by atoms with van der Waals surface area (Å²) in [5, 5.41) is 0. The van der Waals surface area contributed by atoms with E-state index in [0.717, 1.165) is 89.0 Å². The molecule has 0 amide bonds. The molecule has 18 aromatic carbocycles. The average Bonchev–Trinajstić information content (AvgIpc) is 0.787. The molecular formula is C108H74. The highest BCUT2D eigenvalue weighted by molar-refractivity contribution is 5.90. The van der Waals surface area contributed by atoms with Crippen molar-refractivity contribution in [1.82, 2.24) is 0 Å². The fraction of sp³-hybridized carbons (Fsp3) is 0. The second-order valence-electron chi connectivity index (χ2n) is 28.0. The molecule has 506 valence electrons. The minimum atomic E-state index is 1.14. The van der Waals surface area contributed by atoms with Crippen molar-refractivity contribution in [1.29, 1.82) is 0 Å². The highest BCUT2D eigenvalue weighted by Crippen LogP contribution is 2.42. The van der Waals surface area contributed by atoms with E-state index in [1.807, 2.05) is 0 Å². The molecule has 0 N–H and O–H groups in total. The summed E-state index contributed by atoms with van der Waals surface area (Å²) in [6.45, 7) is 0. The Hall–Kier alpha value is -14.0. The van der Waals surface area contributed by atoms with Gasteiger partial charge in [0, 0.05) is 0 Å². The lowest BCUT2D eigenvalue weighted by Crippen LogP contribution is -1.90. The van der Waals surface area contributed by atoms with Crippen molar-refractivity contribution in [3.63, 3.8) is 0 Å². The van der Waals surface area contributed by atoms with Crippen molar-refractivity contribution in [3.8, 4) is 189 Å². The lowest BCUT2D eigenvalue weighted by molar-refractivity contribution is 1.53. The van der Waals surface area contributed by atoms with E-state index in [4.69, 9.17) is 0 Å². The summed E-state index contributed by atoms with van der Waals surface area (Å²) >= 11 is 0. The molecule has 18 aromatic rings. The molecule has 0 unspecified atom stereocenters. The summed E-state index contributed by atoms with van der Waals surface area (Å²) in [4.78, 5) is 0. The predicted octanol–water partition coefficient (Wildman–Crippen LogP) is 30.0. The van der Waals surface area contributed by atoms with Gasteiger partial charge in [0.1, 0.15) is 0 Å². The lowest BCUT2D eigenvalue weighted by atomic mass is 9.89. The van der Waals surface area contributed by atoms with Gasteiger partial charge < -0.3 is 0 Å². The molecule has 0 saturated heterocycles. The van der Waals surface area contributed by atoms with Gasteiger partial charge in [-0.3, -0.25) is 0 Å². The molecule has 0 aliphatic heterocycles. The Kier molecular flexibility index (Phi) is 18.3. The first kappa shape index (κ1) is 65.9. The maximum atomic E-state index is 2.38. The number of benzene rings is 18. The van der Waals surface area contributed by atoms with Gasteiger partial charge in [0.25, 0.3) is 0 Å². The highest BCUT2D eigenvalue weighted by Gasteiger charge is 2.17. The van der Waals surface area contributed by atoms with E-state index < -0.39 is 0 Å². The maximum Gasteiger partial charge on any atom is -0.0171 e.